The number of ether oxygens (including phenoxy) is 5. The molecule has 454 valence electrons. The number of carbonyl (C=O) groups excluding carboxylic acids is 8. The maximum Gasteiger partial charge on any atom is 0.471 e. The Morgan fingerprint density at radius 3 is 1.09 bits per heavy atom. The molecule has 0 spiro atoms. The largest absolute Gasteiger partial charge is 0.471 e. The SMILES string of the molecule is CCCCN.CCCCNC(=O)OC(=O)c1ccc([N+](=O)[O-])cc1.CN(CCN)C(=O)OC(C)(C)C.CN(CCNC(=O)C(F)(F)F)C(=O)OC(C)(C)C.CN(CCNC(=O)OC(=O)c1ccc([N+](=O)[O-])cc1)C(=O)OC(C)(C)C. The van der Waals surface area contributed by atoms with Gasteiger partial charge in [-0.25, -0.2) is 33.6 Å². The smallest absolute Gasteiger partial charge is 0.444 e. The number of amides is 6. The molecule has 6 amide bonds. The number of carbonyl (C=O) groups is 8. The minimum Gasteiger partial charge on any atom is -0.444 e. The van der Waals surface area contributed by atoms with E-state index in [1.54, 1.807) is 53.9 Å². The topological polar surface area (TPSA) is 367 Å². The average Bonchev–Trinajstić information content (AvgIpc) is 3.33. The van der Waals surface area contributed by atoms with Crippen molar-refractivity contribution in [3.05, 3.63) is 79.9 Å². The van der Waals surface area contributed by atoms with Crippen molar-refractivity contribution in [1.29, 1.82) is 0 Å². The molecule has 30 heteroatoms. The van der Waals surface area contributed by atoms with Gasteiger partial charge in [0.1, 0.15) is 16.8 Å². The Morgan fingerprint density at radius 1 is 0.512 bits per heavy atom. The summed E-state index contributed by atoms with van der Waals surface area (Å²) in [6, 6.07) is 9.44. The zero-order valence-corrected chi connectivity index (χ0v) is 48.1. The van der Waals surface area contributed by atoms with E-state index in [4.69, 9.17) is 25.7 Å². The standard InChI is InChI=1S/C16H21N3O7.C12H14N2O5.C10H17F3N2O3.C8H18N2O2.C4H11N/c1-16(2,3)26-15(22)18(4)10-9-17-14(21)25-13(20)11-5-7-12(8-6-11)19(23)24;1-2-3-8-13-12(16)19-11(15)9-4-6-10(7-5-9)14(17)18;1-9(2,3)18-8(17)15(4)6-5-14-7(16)10(11,12)13;1-8(2,3)12-7(11)10(4)6-5-9;1-2-3-4-5/h5-8H,9-10H2,1-4H3,(H,17,21);4-7H,2-3,8H2,1H3,(H,13,16);5-6H2,1-4H3,(H,14,16);5-6,9H2,1-4H3;2-5H2,1H3. The number of nitrogens with one attached hydrogen (secondary N) is 3. The Morgan fingerprint density at radius 2 is 0.825 bits per heavy atom. The predicted octanol–water partition coefficient (Wildman–Crippen LogP) is 7.68. The van der Waals surface area contributed by atoms with Crippen LogP contribution in [0.1, 0.15) is 123 Å². The Balaban J connectivity index is -0.000000987. The molecule has 0 atom stereocenters. The van der Waals surface area contributed by atoms with Gasteiger partial charge in [0.2, 0.25) is 0 Å². The highest BCUT2D eigenvalue weighted by atomic mass is 19.4. The molecule has 7 N–H and O–H groups in total. The molecule has 0 aromatic heterocycles. The first-order chi connectivity index (χ1) is 36.7. The molecule has 0 bridgehead atoms. The maximum atomic E-state index is 11.8. The van der Waals surface area contributed by atoms with Gasteiger partial charge in [-0.2, -0.15) is 13.2 Å². The lowest BCUT2D eigenvalue weighted by molar-refractivity contribution is -0.385. The molecule has 0 aliphatic rings. The molecule has 0 aliphatic carbocycles. The summed E-state index contributed by atoms with van der Waals surface area (Å²) >= 11 is 0. The van der Waals surface area contributed by atoms with E-state index < -0.39 is 75.0 Å². The number of nitro benzene ring substituents is 2. The van der Waals surface area contributed by atoms with Crippen LogP contribution >= 0.6 is 0 Å². The van der Waals surface area contributed by atoms with E-state index in [-0.39, 0.29) is 54.8 Å². The number of nitrogens with zero attached hydrogens (tertiary/aromatic N) is 5. The van der Waals surface area contributed by atoms with Crippen LogP contribution in [0, 0.1) is 20.2 Å². The Kier molecular flexibility index (Phi) is 36.9. The quantitative estimate of drug-likeness (QED) is 0.0253. The number of rotatable bonds is 17. The monoisotopic (exact) mass is 1150 g/mol. The Hall–Kier alpha value is -7.89. The van der Waals surface area contributed by atoms with Crippen molar-refractivity contribution >= 4 is 59.7 Å². The van der Waals surface area contributed by atoms with Gasteiger partial charge < -0.3 is 65.8 Å². The average molecular weight is 1150 g/mol. The van der Waals surface area contributed by atoms with Gasteiger partial charge in [0, 0.05) is 91.2 Å². The highest BCUT2D eigenvalue weighted by molar-refractivity contribution is 5.97. The minimum atomic E-state index is -4.91. The van der Waals surface area contributed by atoms with Crippen molar-refractivity contribution in [2.45, 2.75) is 125 Å². The van der Waals surface area contributed by atoms with Gasteiger partial charge in [0.05, 0.1) is 21.0 Å². The fraction of sp³-hybridized carbons (Fsp3) is 0.600. The number of hydrogen-bond donors (Lipinski definition) is 5. The minimum absolute atomic E-state index is 0.00313. The third kappa shape index (κ3) is 40.3. The van der Waals surface area contributed by atoms with Crippen LogP contribution in [0.2, 0.25) is 0 Å². The lowest BCUT2D eigenvalue weighted by Crippen LogP contribution is -2.42. The van der Waals surface area contributed by atoms with Crippen LogP contribution in [-0.4, -0.2) is 169 Å². The van der Waals surface area contributed by atoms with E-state index >= 15 is 0 Å². The molecule has 0 saturated carbocycles. The number of alkyl carbamates (subject to hydrolysis) is 2. The summed E-state index contributed by atoms with van der Waals surface area (Å²) in [5.41, 5.74) is 8.44. The van der Waals surface area contributed by atoms with Crippen LogP contribution in [0.3, 0.4) is 0 Å². The number of unbranched alkanes of at least 4 members (excludes halogenated alkanes) is 2. The fourth-order valence-electron chi connectivity index (χ4n) is 4.62. The van der Waals surface area contributed by atoms with Gasteiger partial charge in [-0.1, -0.05) is 26.7 Å². The molecule has 27 nitrogen and oxygen atoms in total. The number of nitro groups is 2. The summed E-state index contributed by atoms with van der Waals surface area (Å²) in [6.07, 6.45) is -4.17. The third-order valence-electron chi connectivity index (χ3n) is 8.64. The van der Waals surface area contributed by atoms with Gasteiger partial charge in [-0.3, -0.25) is 25.0 Å². The highest BCUT2D eigenvalue weighted by Crippen LogP contribution is 2.16. The lowest BCUT2D eigenvalue weighted by Gasteiger charge is -2.24. The first-order valence-corrected chi connectivity index (χ1v) is 24.8. The van der Waals surface area contributed by atoms with Crippen LogP contribution in [0.25, 0.3) is 0 Å². The molecular formula is C50H81F3N10O17. The second kappa shape index (κ2) is 38.6. The normalized spacial score (nSPS) is 10.6. The predicted molar refractivity (Wildman–Crippen MR) is 287 cm³/mol. The van der Waals surface area contributed by atoms with Crippen molar-refractivity contribution in [1.82, 2.24) is 30.7 Å². The third-order valence-corrected chi connectivity index (χ3v) is 8.64. The van der Waals surface area contributed by atoms with E-state index in [1.807, 2.05) is 27.7 Å². The van der Waals surface area contributed by atoms with Gasteiger partial charge >= 0.3 is 54.5 Å². The van der Waals surface area contributed by atoms with Gasteiger partial charge in [0.25, 0.3) is 11.4 Å². The van der Waals surface area contributed by atoms with Crippen molar-refractivity contribution in [3.63, 3.8) is 0 Å². The number of hydrogen-bond acceptors (Lipinski definition) is 19. The van der Waals surface area contributed by atoms with Gasteiger partial charge in [-0.05, 0) is 106 Å². The van der Waals surface area contributed by atoms with Crippen LogP contribution < -0.4 is 27.4 Å². The zero-order valence-electron chi connectivity index (χ0n) is 48.1. The highest BCUT2D eigenvalue weighted by Gasteiger charge is 2.38. The molecule has 2 aromatic carbocycles. The van der Waals surface area contributed by atoms with Crippen molar-refractivity contribution in [2.75, 3.05) is 73.5 Å². The van der Waals surface area contributed by atoms with Gasteiger partial charge in [0.15, 0.2) is 0 Å². The number of esters is 2. The summed E-state index contributed by atoms with van der Waals surface area (Å²) in [6.45, 7) is 21.9. The van der Waals surface area contributed by atoms with E-state index in [2.05, 4.69) is 27.0 Å². The van der Waals surface area contributed by atoms with Crippen LogP contribution in [0.15, 0.2) is 48.5 Å². The molecule has 0 unspecified atom stereocenters. The van der Waals surface area contributed by atoms with Crippen molar-refractivity contribution < 1.29 is 85.1 Å². The Labute approximate surface area is 464 Å². The summed E-state index contributed by atoms with van der Waals surface area (Å²) in [7, 11) is 4.54. The van der Waals surface area contributed by atoms with E-state index in [0.29, 0.717) is 19.6 Å². The maximum absolute atomic E-state index is 11.8. The van der Waals surface area contributed by atoms with E-state index in [0.717, 1.165) is 36.4 Å². The molecule has 2 rings (SSSR count). The number of alkyl halides is 3. The number of halogens is 3. The first-order valence-electron chi connectivity index (χ1n) is 24.8. The van der Waals surface area contributed by atoms with Crippen LogP contribution in [-0.2, 0) is 28.5 Å². The molecule has 0 heterocycles. The summed E-state index contributed by atoms with van der Waals surface area (Å²) < 4.78 is 59.8. The first kappa shape index (κ1) is 76.3. The molecule has 80 heavy (non-hydrogen) atoms. The Bertz CT molecular complexity index is 2250. The van der Waals surface area contributed by atoms with Crippen LogP contribution in [0.4, 0.5) is 48.5 Å². The second-order valence-electron chi connectivity index (χ2n) is 19.6. The molecule has 0 saturated heterocycles. The van der Waals surface area contributed by atoms with E-state index in [1.165, 1.54) is 73.1 Å². The molecular weight excluding hydrogens is 1070 g/mol. The van der Waals surface area contributed by atoms with Crippen molar-refractivity contribution in [2.24, 2.45) is 11.5 Å². The molecule has 0 fully saturated rings. The van der Waals surface area contributed by atoms with E-state index in [9.17, 15) is 71.8 Å². The molecule has 0 aliphatic heterocycles. The van der Waals surface area contributed by atoms with Crippen molar-refractivity contribution in [3.8, 4) is 0 Å². The molecule has 2 aromatic rings. The zero-order chi connectivity index (χ0) is 62.6. The number of nitrogens with two attached hydrogens (primary N) is 2. The summed E-state index contributed by atoms with van der Waals surface area (Å²) in [5.74, 6) is -3.82. The van der Waals surface area contributed by atoms with Crippen LogP contribution in [0.5, 0.6) is 0 Å². The summed E-state index contributed by atoms with van der Waals surface area (Å²) in [5, 5.41) is 27.4. The summed E-state index contributed by atoms with van der Waals surface area (Å²) in [4.78, 5) is 114. The second-order valence-corrected chi connectivity index (χ2v) is 19.6. The lowest BCUT2D eigenvalue weighted by atomic mass is 10.2. The fourth-order valence-corrected chi connectivity index (χ4v) is 4.62. The number of likely N-dealkylation sites (N-methyl/N-ethyl adjacent to an activating group) is 3. The van der Waals surface area contributed by atoms with Gasteiger partial charge in [-0.15, -0.1) is 0 Å². The number of non-ortho nitro benzene ring substituents is 2. The number of benzene rings is 2. The molecule has 0 radical (unpaired) electrons.